The molecule has 17 heavy (non-hydrogen) atoms. The molecular weight excluding hydrogens is 282 g/mol. The molecule has 0 amide bonds. The molecule has 1 fully saturated rings. The normalized spacial score (nSPS) is 16.0. The van der Waals surface area contributed by atoms with Crippen LogP contribution in [0.5, 0.6) is 0 Å². The fourth-order valence-corrected chi connectivity index (χ4v) is 1.98. The first-order chi connectivity index (χ1) is 8.20. The first kappa shape index (κ1) is 12.1. The lowest BCUT2D eigenvalue weighted by Crippen LogP contribution is -2.20. The monoisotopic (exact) mass is 293 g/mol. The molecule has 3 nitrogen and oxygen atoms in total. The first-order valence-electron chi connectivity index (χ1n) is 5.45. The van der Waals surface area contributed by atoms with Crippen LogP contribution in [0.15, 0.2) is 22.9 Å². The Hall–Kier alpha value is -1.34. The second kappa shape index (κ2) is 5.33. The Kier molecular flexibility index (Phi) is 3.80. The van der Waals surface area contributed by atoms with Crippen molar-refractivity contribution in [3.05, 3.63) is 28.5 Å². The van der Waals surface area contributed by atoms with Crippen molar-refractivity contribution in [1.82, 2.24) is 4.98 Å². The van der Waals surface area contributed by atoms with E-state index in [1.54, 1.807) is 12.3 Å². The van der Waals surface area contributed by atoms with Crippen molar-refractivity contribution >= 4 is 21.9 Å². The zero-order valence-corrected chi connectivity index (χ0v) is 10.8. The largest absolute Gasteiger partial charge is 0.457 e. The third kappa shape index (κ3) is 3.31. The van der Waals surface area contributed by atoms with Crippen LogP contribution in [0.25, 0.3) is 0 Å². The Bertz CT molecular complexity index is 463. The third-order valence-electron chi connectivity index (χ3n) is 2.67. The molecule has 0 bridgehead atoms. The van der Waals surface area contributed by atoms with Crippen LogP contribution in [0.1, 0.15) is 29.6 Å². The molecule has 88 valence electrons. The van der Waals surface area contributed by atoms with Gasteiger partial charge < -0.3 is 4.74 Å². The lowest BCUT2D eigenvalue weighted by Gasteiger charge is -2.14. The SMILES string of the molecule is C#CC[C@H](OC(=O)c1cncc(Br)c1)C1CC1. The summed E-state index contributed by atoms with van der Waals surface area (Å²) in [6, 6.07) is 1.69. The van der Waals surface area contributed by atoms with Gasteiger partial charge in [-0.15, -0.1) is 12.3 Å². The van der Waals surface area contributed by atoms with Crippen molar-refractivity contribution in [1.29, 1.82) is 0 Å². The summed E-state index contributed by atoms with van der Waals surface area (Å²) >= 11 is 3.27. The predicted octanol–water partition coefficient (Wildman–Crippen LogP) is 2.80. The summed E-state index contributed by atoms with van der Waals surface area (Å²) in [4.78, 5) is 15.8. The van der Waals surface area contributed by atoms with Gasteiger partial charge in [-0.3, -0.25) is 4.98 Å². The zero-order chi connectivity index (χ0) is 12.3. The van der Waals surface area contributed by atoms with Gasteiger partial charge in [0.15, 0.2) is 0 Å². The minimum Gasteiger partial charge on any atom is -0.457 e. The van der Waals surface area contributed by atoms with Crippen LogP contribution >= 0.6 is 15.9 Å². The fourth-order valence-electron chi connectivity index (χ4n) is 1.62. The Morgan fingerprint density at radius 2 is 2.41 bits per heavy atom. The molecule has 1 aromatic rings. The van der Waals surface area contributed by atoms with Crippen LogP contribution in [0.3, 0.4) is 0 Å². The van der Waals surface area contributed by atoms with Gasteiger partial charge in [0, 0.05) is 23.3 Å². The van der Waals surface area contributed by atoms with Crippen LogP contribution in [0.4, 0.5) is 0 Å². The Labute approximate surface area is 109 Å². The standard InChI is InChI=1S/C13H12BrNO2/c1-2-3-12(9-4-5-9)17-13(16)10-6-11(14)8-15-7-10/h1,6-9,12H,3-5H2/t12-/m0/s1. The lowest BCUT2D eigenvalue weighted by atomic mass is 10.1. The Balaban J connectivity index is 2.02. The van der Waals surface area contributed by atoms with E-state index >= 15 is 0 Å². The molecular formula is C13H12BrNO2. The molecule has 0 N–H and O–H groups in total. The molecule has 1 saturated carbocycles. The van der Waals surface area contributed by atoms with Crippen molar-refractivity contribution in [3.63, 3.8) is 0 Å². The topological polar surface area (TPSA) is 39.2 Å². The van der Waals surface area contributed by atoms with E-state index in [-0.39, 0.29) is 12.1 Å². The molecule has 1 heterocycles. The maximum Gasteiger partial charge on any atom is 0.340 e. The van der Waals surface area contributed by atoms with Gasteiger partial charge in [0.1, 0.15) is 6.10 Å². The third-order valence-corrected chi connectivity index (χ3v) is 3.10. The number of pyridine rings is 1. The Morgan fingerprint density at radius 1 is 1.65 bits per heavy atom. The summed E-state index contributed by atoms with van der Waals surface area (Å²) in [6.45, 7) is 0. The summed E-state index contributed by atoms with van der Waals surface area (Å²) in [5.74, 6) is 2.64. The Morgan fingerprint density at radius 3 is 3.00 bits per heavy atom. The fraction of sp³-hybridized carbons (Fsp3) is 0.385. The minimum atomic E-state index is -0.356. The molecule has 0 aliphatic heterocycles. The highest BCUT2D eigenvalue weighted by Crippen LogP contribution is 2.36. The zero-order valence-electron chi connectivity index (χ0n) is 9.23. The lowest BCUT2D eigenvalue weighted by molar-refractivity contribution is 0.0260. The number of aromatic nitrogens is 1. The van der Waals surface area contributed by atoms with Crippen LogP contribution in [0.2, 0.25) is 0 Å². The van der Waals surface area contributed by atoms with Crippen molar-refractivity contribution in [2.24, 2.45) is 5.92 Å². The number of nitrogens with zero attached hydrogens (tertiary/aromatic N) is 1. The van der Waals surface area contributed by atoms with Crippen molar-refractivity contribution in [2.75, 3.05) is 0 Å². The van der Waals surface area contributed by atoms with Crippen molar-refractivity contribution in [3.8, 4) is 12.3 Å². The summed E-state index contributed by atoms with van der Waals surface area (Å²) in [6.07, 6.45) is 10.9. The van der Waals surface area contributed by atoms with Gasteiger partial charge in [-0.1, -0.05) is 0 Å². The molecule has 0 saturated heterocycles. The van der Waals surface area contributed by atoms with Crippen molar-refractivity contribution in [2.45, 2.75) is 25.4 Å². The maximum absolute atomic E-state index is 11.9. The highest BCUT2D eigenvalue weighted by atomic mass is 79.9. The number of carbonyl (C=O) groups excluding carboxylic acids is 1. The van der Waals surface area contributed by atoms with Gasteiger partial charge in [0.05, 0.1) is 5.56 Å². The van der Waals surface area contributed by atoms with Gasteiger partial charge in [-0.25, -0.2) is 4.79 Å². The first-order valence-corrected chi connectivity index (χ1v) is 6.25. The van der Waals surface area contributed by atoms with E-state index in [4.69, 9.17) is 11.2 Å². The number of hydrogen-bond acceptors (Lipinski definition) is 3. The molecule has 1 aliphatic rings. The van der Waals surface area contributed by atoms with Crippen molar-refractivity contribution < 1.29 is 9.53 Å². The average molecular weight is 294 g/mol. The van der Waals surface area contributed by atoms with Crippen LogP contribution in [-0.2, 0) is 4.74 Å². The molecule has 4 heteroatoms. The number of esters is 1. The van der Waals surface area contributed by atoms with E-state index in [9.17, 15) is 4.79 Å². The maximum atomic E-state index is 11.9. The van der Waals surface area contributed by atoms with Crippen LogP contribution in [-0.4, -0.2) is 17.1 Å². The van der Waals surface area contributed by atoms with E-state index in [1.807, 2.05) is 0 Å². The second-order valence-corrected chi connectivity index (χ2v) is 5.00. The molecule has 0 spiro atoms. The summed E-state index contributed by atoms with van der Waals surface area (Å²) in [5.41, 5.74) is 0.446. The number of ether oxygens (including phenoxy) is 1. The molecule has 0 radical (unpaired) electrons. The second-order valence-electron chi connectivity index (χ2n) is 4.08. The van der Waals surface area contributed by atoms with Gasteiger partial charge in [-0.2, -0.15) is 0 Å². The number of hydrogen-bond donors (Lipinski definition) is 0. The van der Waals surface area contributed by atoms with E-state index in [0.29, 0.717) is 17.9 Å². The minimum absolute atomic E-state index is 0.147. The highest BCUT2D eigenvalue weighted by molar-refractivity contribution is 9.10. The molecule has 1 atom stereocenters. The van der Waals surface area contributed by atoms with E-state index in [0.717, 1.165) is 17.3 Å². The van der Waals surface area contributed by atoms with Crippen LogP contribution in [0, 0.1) is 18.3 Å². The molecule has 0 unspecified atom stereocenters. The number of terminal acetylenes is 1. The van der Waals surface area contributed by atoms with Gasteiger partial charge in [0.25, 0.3) is 0 Å². The number of halogens is 1. The van der Waals surface area contributed by atoms with E-state index in [2.05, 4.69) is 26.8 Å². The van der Waals surface area contributed by atoms with Crippen LogP contribution < -0.4 is 0 Å². The molecule has 2 rings (SSSR count). The highest BCUT2D eigenvalue weighted by Gasteiger charge is 2.33. The van der Waals surface area contributed by atoms with E-state index < -0.39 is 0 Å². The average Bonchev–Trinajstić information content (AvgIpc) is 3.12. The molecule has 1 aliphatic carbocycles. The smallest absolute Gasteiger partial charge is 0.340 e. The quantitative estimate of drug-likeness (QED) is 0.633. The van der Waals surface area contributed by atoms with Gasteiger partial charge in [-0.05, 0) is 40.8 Å². The van der Waals surface area contributed by atoms with E-state index in [1.165, 1.54) is 6.20 Å². The number of rotatable bonds is 4. The molecule has 0 aromatic carbocycles. The molecule has 1 aromatic heterocycles. The summed E-state index contributed by atoms with van der Waals surface area (Å²) in [7, 11) is 0. The van der Waals surface area contributed by atoms with Gasteiger partial charge in [0.2, 0.25) is 0 Å². The number of carbonyl (C=O) groups is 1. The van der Waals surface area contributed by atoms with Gasteiger partial charge >= 0.3 is 5.97 Å². The summed E-state index contributed by atoms with van der Waals surface area (Å²) < 4.78 is 6.17. The predicted molar refractivity (Wildman–Crippen MR) is 67.3 cm³/mol. The summed E-state index contributed by atoms with van der Waals surface area (Å²) in [5, 5.41) is 0.